The van der Waals surface area contributed by atoms with Gasteiger partial charge in [-0.15, -0.1) is 0 Å². The topological polar surface area (TPSA) is 163 Å². The van der Waals surface area contributed by atoms with Gasteiger partial charge in [-0.1, -0.05) is 46.2 Å². The predicted octanol–water partition coefficient (Wildman–Crippen LogP) is 3.88. The summed E-state index contributed by atoms with van der Waals surface area (Å²) < 4.78 is 18.6. The number of aliphatic hydroxyl groups is 1. The van der Waals surface area contributed by atoms with E-state index < -0.39 is 23.9 Å². The van der Waals surface area contributed by atoms with Crippen molar-refractivity contribution in [1.29, 1.82) is 0 Å². The van der Waals surface area contributed by atoms with Crippen LogP contribution in [0.25, 0.3) is 0 Å². The molecule has 0 aromatic heterocycles. The Kier molecular flexibility index (Phi) is 29.2. The van der Waals surface area contributed by atoms with Crippen molar-refractivity contribution in [2.24, 2.45) is 0 Å². The van der Waals surface area contributed by atoms with E-state index in [0.29, 0.717) is 28.9 Å². The van der Waals surface area contributed by atoms with Crippen LogP contribution in [0.2, 0.25) is 0 Å². The quantitative estimate of drug-likeness (QED) is 0.146. The number of aliphatic carboxylic acids is 1. The molecule has 0 aromatic rings. The molecule has 0 rings (SSSR count). The molecule has 0 amide bonds. The van der Waals surface area contributed by atoms with Crippen LogP contribution >= 0.6 is 0 Å². The lowest BCUT2D eigenvalue weighted by Crippen LogP contribution is -2.14. The molecule has 0 saturated heterocycles. The molecule has 0 aliphatic rings. The molecule has 0 aliphatic carbocycles. The second-order valence-electron chi connectivity index (χ2n) is 7.83. The number of aliphatic hydroxyl groups excluding tert-OH is 1. The molecule has 39 heavy (non-hydrogen) atoms. The maximum atomic E-state index is 10.8. The van der Waals surface area contributed by atoms with Crippen LogP contribution in [0.5, 0.6) is 0 Å². The highest BCUT2D eigenvalue weighted by Gasteiger charge is 2.05. The van der Waals surface area contributed by atoms with E-state index in [2.05, 4.69) is 54.0 Å². The molecule has 2 N–H and O–H groups in total. The third kappa shape index (κ3) is 34.0. The fourth-order valence-electron chi connectivity index (χ4n) is 1.21. The second kappa shape index (κ2) is 27.1. The average molecular weight is 557 g/mol. The predicted molar refractivity (Wildman–Crippen MR) is 148 cm³/mol. The molecule has 11 nitrogen and oxygen atoms in total. The first-order valence-corrected chi connectivity index (χ1v) is 11.8. The number of carboxylic acid groups (broad SMARTS) is 1. The van der Waals surface area contributed by atoms with Gasteiger partial charge >= 0.3 is 29.8 Å². The maximum absolute atomic E-state index is 10.8. The van der Waals surface area contributed by atoms with Gasteiger partial charge in [0.1, 0.15) is 19.8 Å². The number of carbonyl (C=O) groups excluding carboxylic acids is 4. The fraction of sp³-hybridized carbons (Fsp3) is 0.464. The number of unbranched alkanes of at least 4 members (excludes halogenated alkanes) is 1. The number of hydrogen-bond donors (Lipinski definition) is 2. The van der Waals surface area contributed by atoms with Crippen LogP contribution in [0, 0.1) is 0 Å². The molecule has 0 bridgehead atoms. The van der Waals surface area contributed by atoms with E-state index in [0.717, 1.165) is 12.8 Å². The Hall–Kier alpha value is -3.99. The first-order chi connectivity index (χ1) is 18.0. The van der Waals surface area contributed by atoms with Gasteiger partial charge in [0.25, 0.3) is 0 Å². The minimum Gasteiger partial charge on any atom is -0.478 e. The smallest absolute Gasteiger partial charge is 0.333 e. The summed E-state index contributed by atoms with van der Waals surface area (Å²) in [6.07, 6.45) is 1.97. The van der Waals surface area contributed by atoms with Crippen molar-refractivity contribution in [3.63, 3.8) is 0 Å². The number of carboxylic acids is 1. The van der Waals surface area contributed by atoms with E-state index in [1.165, 1.54) is 6.92 Å². The molecule has 0 aromatic carbocycles. The summed E-state index contributed by atoms with van der Waals surface area (Å²) in [5.41, 5.74) is 1.63. The van der Waals surface area contributed by atoms with Gasteiger partial charge in [0.15, 0.2) is 0 Å². The maximum Gasteiger partial charge on any atom is 0.333 e. The van der Waals surface area contributed by atoms with Gasteiger partial charge in [0, 0.05) is 27.9 Å². The summed E-state index contributed by atoms with van der Waals surface area (Å²) in [6, 6.07) is 0. The molecule has 0 atom stereocenters. The van der Waals surface area contributed by atoms with Crippen molar-refractivity contribution >= 4 is 29.8 Å². The molecule has 0 spiro atoms. The second-order valence-corrected chi connectivity index (χ2v) is 7.83. The van der Waals surface area contributed by atoms with Crippen LogP contribution in [0.1, 0.15) is 54.4 Å². The van der Waals surface area contributed by atoms with Gasteiger partial charge in [0.05, 0.1) is 13.2 Å². The van der Waals surface area contributed by atoms with Gasteiger partial charge < -0.3 is 29.2 Å². The SMILES string of the molecule is C=C(C)C(=O)O.C=C(C)C(=O)OCCCC.C=C(C)C(=O)OCCO.C=C(C)C(=O)OCCOC(=O)C(=C)C. The van der Waals surface area contributed by atoms with E-state index in [-0.39, 0.29) is 38.0 Å². The zero-order chi connectivity index (χ0) is 31.6. The van der Waals surface area contributed by atoms with Crippen molar-refractivity contribution in [3.8, 4) is 0 Å². The van der Waals surface area contributed by atoms with E-state index >= 15 is 0 Å². The van der Waals surface area contributed by atoms with Crippen LogP contribution in [0.3, 0.4) is 0 Å². The van der Waals surface area contributed by atoms with Gasteiger partial charge in [0.2, 0.25) is 0 Å². The van der Waals surface area contributed by atoms with Gasteiger partial charge in [-0.05, 0) is 41.0 Å². The zero-order valence-electron chi connectivity index (χ0n) is 24.1. The van der Waals surface area contributed by atoms with Gasteiger partial charge in [-0.25, -0.2) is 24.0 Å². The van der Waals surface area contributed by atoms with Gasteiger partial charge in [-0.3, -0.25) is 0 Å². The fourth-order valence-corrected chi connectivity index (χ4v) is 1.21. The molecule has 0 fully saturated rings. The Morgan fingerprint density at radius 2 is 0.795 bits per heavy atom. The largest absolute Gasteiger partial charge is 0.478 e. The monoisotopic (exact) mass is 556 g/mol. The Morgan fingerprint density at radius 1 is 0.538 bits per heavy atom. The number of rotatable bonds is 13. The summed E-state index contributed by atoms with van der Waals surface area (Å²) in [7, 11) is 0. The van der Waals surface area contributed by atoms with Crippen molar-refractivity contribution < 1.29 is 53.1 Å². The number of esters is 4. The molecule has 11 heteroatoms. The van der Waals surface area contributed by atoms with Crippen LogP contribution in [0.4, 0.5) is 0 Å². The summed E-state index contributed by atoms with van der Waals surface area (Å²) in [4.78, 5) is 52.4. The van der Waals surface area contributed by atoms with E-state index in [4.69, 9.17) is 14.9 Å². The number of ether oxygens (including phenoxy) is 4. The highest BCUT2D eigenvalue weighted by atomic mass is 16.6. The van der Waals surface area contributed by atoms with Crippen LogP contribution < -0.4 is 0 Å². The average Bonchev–Trinajstić information content (AvgIpc) is 2.85. The molecule has 0 aliphatic heterocycles. The lowest BCUT2D eigenvalue weighted by molar-refractivity contribution is -0.147. The molecular weight excluding hydrogens is 512 g/mol. The number of carbonyl (C=O) groups is 5. The standard InChI is InChI=1S/C10H14O4.C8H14O2.C6H10O3.C4H6O2/c1-7(2)9(11)13-5-6-14-10(12)8(3)4;1-4-5-6-10-8(9)7(2)3;1-5(2)6(8)9-4-3-7;1-3(2)4(5)6/h1,3,5-6H2,2,4H3;2,4-6H2,1,3H3;7H,1,3-4H2,2H3;1H2,2H3,(H,5,6). The Labute approximate surface area is 231 Å². The Balaban J connectivity index is -0.000000218. The minimum absolute atomic E-state index is 0.0325. The van der Waals surface area contributed by atoms with Crippen molar-refractivity contribution in [1.82, 2.24) is 0 Å². The summed E-state index contributed by atoms with van der Waals surface area (Å²) in [5, 5.41) is 16.1. The summed E-state index contributed by atoms with van der Waals surface area (Å²) >= 11 is 0. The van der Waals surface area contributed by atoms with E-state index in [1.54, 1.807) is 27.7 Å². The normalized spacial score (nSPS) is 8.69. The third-order valence-electron chi connectivity index (χ3n) is 3.36. The molecule has 0 radical (unpaired) electrons. The first kappa shape index (κ1) is 42.1. The molecule has 0 saturated carbocycles. The van der Waals surface area contributed by atoms with Crippen LogP contribution in [0.15, 0.2) is 60.8 Å². The zero-order valence-corrected chi connectivity index (χ0v) is 24.1. The highest BCUT2D eigenvalue weighted by molar-refractivity contribution is 5.88. The van der Waals surface area contributed by atoms with Crippen molar-refractivity contribution in [2.75, 3.05) is 33.0 Å². The van der Waals surface area contributed by atoms with Crippen molar-refractivity contribution in [2.45, 2.75) is 54.4 Å². The molecule has 0 heterocycles. The minimum atomic E-state index is -0.935. The highest BCUT2D eigenvalue weighted by Crippen LogP contribution is 1.95. The van der Waals surface area contributed by atoms with Crippen molar-refractivity contribution in [3.05, 3.63) is 60.8 Å². The Morgan fingerprint density at radius 3 is 1.00 bits per heavy atom. The lowest BCUT2D eigenvalue weighted by Gasteiger charge is -2.05. The Bertz CT molecular complexity index is 827. The summed E-state index contributed by atoms with van der Waals surface area (Å²) in [5.74, 6) is -2.65. The molecular formula is C28H44O11. The van der Waals surface area contributed by atoms with E-state index in [1.807, 2.05) is 0 Å². The van der Waals surface area contributed by atoms with Gasteiger partial charge in [-0.2, -0.15) is 0 Å². The lowest BCUT2D eigenvalue weighted by atomic mass is 10.3. The van der Waals surface area contributed by atoms with Crippen LogP contribution in [-0.4, -0.2) is 73.1 Å². The summed E-state index contributed by atoms with van der Waals surface area (Å²) in [6.45, 7) is 27.0. The molecule has 0 unspecified atom stereocenters. The third-order valence-corrected chi connectivity index (χ3v) is 3.36. The van der Waals surface area contributed by atoms with Crippen LogP contribution in [-0.2, 0) is 42.9 Å². The molecule has 222 valence electrons. The van der Waals surface area contributed by atoms with E-state index in [9.17, 15) is 24.0 Å². The first-order valence-electron chi connectivity index (χ1n) is 11.8. The number of hydrogen-bond acceptors (Lipinski definition) is 10.